The first kappa shape index (κ1) is 17.6. The van der Waals surface area contributed by atoms with Crippen molar-refractivity contribution in [3.63, 3.8) is 0 Å². The van der Waals surface area contributed by atoms with Gasteiger partial charge in [0.25, 0.3) is 5.91 Å². The number of nitrogens with zero attached hydrogens (tertiary/aromatic N) is 3. The average Bonchev–Trinajstić information content (AvgIpc) is 2.64. The molecule has 1 heterocycles. The molecule has 26 heavy (non-hydrogen) atoms. The van der Waals surface area contributed by atoms with Crippen LogP contribution in [0.1, 0.15) is 27.4 Å². The number of benzene rings is 2. The third kappa shape index (κ3) is 3.88. The van der Waals surface area contributed by atoms with Crippen LogP contribution in [0.25, 0.3) is 0 Å². The number of para-hydroxylation sites is 1. The Labute approximate surface area is 153 Å². The molecule has 1 N–H and O–H groups in total. The molecule has 0 atom stereocenters. The first-order valence-electron chi connectivity index (χ1n) is 8.47. The normalized spacial score (nSPS) is 10.5. The molecule has 1 amide bonds. The van der Waals surface area contributed by atoms with Crippen LogP contribution in [0, 0.1) is 20.8 Å². The van der Waals surface area contributed by atoms with Gasteiger partial charge in [-0.25, -0.2) is 9.97 Å². The van der Waals surface area contributed by atoms with Gasteiger partial charge in [-0.15, -0.1) is 0 Å². The largest absolute Gasteiger partial charge is 0.329 e. The number of carbonyl (C=O) groups excluding carboxylic acids is 1. The summed E-state index contributed by atoms with van der Waals surface area (Å²) >= 11 is 0. The van der Waals surface area contributed by atoms with Crippen LogP contribution in [0.15, 0.2) is 54.6 Å². The average molecular weight is 346 g/mol. The zero-order chi connectivity index (χ0) is 18.7. The monoisotopic (exact) mass is 346 g/mol. The number of hydrogen-bond acceptors (Lipinski definition) is 4. The van der Waals surface area contributed by atoms with Crippen molar-refractivity contribution >= 4 is 23.1 Å². The molecule has 3 aromatic rings. The first-order chi connectivity index (χ1) is 12.4. The maximum Gasteiger partial charge on any atom is 0.274 e. The van der Waals surface area contributed by atoms with Gasteiger partial charge in [-0.1, -0.05) is 30.3 Å². The van der Waals surface area contributed by atoms with Crippen molar-refractivity contribution < 1.29 is 4.79 Å². The smallest absolute Gasteiger partial charge is 0.274 e. The molecule has 1 aromatic heterocycles. The van der Waals surface area contributed by atoms with E-state index in [1.165, 1.54) is 0 Å². The number of aromatic nitrogens is 2. The Bertz CT molecular complexity index is 938. The second-order valence-electron chi connectivity index (χ2n) is 6.33. The first-order valence-corrected chi connectivity index (χ1v) is 8.47. The Morgan fingerprint density at radius 3 is 2.42 bits per heavy atom. The van der Waals surface area contributed by atoms with Gasteiger partial charge >= 0.3 is 0 Å². The summed E-state index contributed by atoms with van der Waals surface area (Å²) in [6.45, 7) is 5.75. The molecule has 0 bridgehead atoms. The minimum absolute atomic E-state index is 0.244. The van der Waals surface area contributed by atoms with Crippen LogP contribution in [-0.2, 0) is 0 Å². The van der Waals surface area contributed by atoms with Crippen molar-refractivity contribution in [3.05, 3.63) is 77.2 Å². The third-order valence-corrected chi connectivity index (χ3v) is 4.19. The summed E-state index contributed by atoms with van der Waals surface area (Å²) in [4.78, 5) is 23.4. The van der Waals surface area contributed by atoms with Crippen molar-refractivity contribution in [2.24, 2.45) is 0 Å². The minimum Gasteiger partial charge on any atom is -0.329 e. The van der Waals surface area contributed by atoms with Crippen LogP contribution >= 0.6 is 0 Å². The van der Waals surface area contributed by atoms with Gasteiger partial charge < -0.3 is 10.2 Å². The highest BCUT2D eigenvalue weighted by molar-refractivity contribution is 6.03. The van der Waals surface area contributed by atoms with E-state index in [4.69, 9.17) is 0 Å². The van der Waals surface area contributed by atoms with E-state index in [0.29, 0.717) is 17.3 Å². The van der Waals surface area contributed by atoms with Crippen molar-refractivity contribution in [1.29, 1.82) is 0 Å². The molecule has 0 saturated heterocycles. The molecular formula is C21H22N4O. The third-order valence-electron chi connectivity index (χ3n) is 4.19. The molecule has 0 aliphatic heterocycles. The quantitative estimate of drug-likeness (QED) is 0.759. The lowest BCUT2D eigenvalue weighted by Crippen LogP contribution is -2.18. The second kappa shape index (κ2) is 7.35. The molecule has 132 valence electrons. The van der Waals surface area contributed by atoms with E-state index >= 15 is 0 Å². The molecule has 0 aliphatic rings. The van der Waals surface area contributed by atoms with E-state index in [1.54, 1.807) is 13.0 Å². The molecule has 0 unspecified atom stereocenters. The van der Waals surface area contributed by atoms with Crippen molar-refractivity contribution in [1.82, 2.24) is 9.97 Å². The van der Waals surface area contributed by atoms with Gasteiger partial charge in [-0.3, -0.25) is 4.79 Å². The number of amides is 1. The highest BCUT2D eigenvalue weighted by Gasteiger charge is 2.14. The fraction of sp³-hybridized carbons (Fsp3) is 0.190. The molecule has 3 rings (SSSR count). The summed E-state index contributed by atoms with van der Waals surface area (Å²) in [6, 6.07) is 17.6. The van der Waals surface area contributed by atoms with Gasteiger partial charge in [0.1, 0.15) is 17.3 Å². The molecule has 0 aliphatic carbocycles. The zero-order valence-corrected chi connectivity index (χ0v) is 15.4. The predicted molar refractivity (Wildman–Crippen MR) is 105 cm³/mol. The highest BCUT2D eigenvalue weighted by Crippen LogP contribution is 2.23. The van der Waals surface area contributed by atoms with Crippen LogP contribution in [-0.4, -0.2) is 22.9 Å². The molecule has 2 aromatic carbocycles. The fourth-order valence-electron chi connectivity index (χ4n) is 2.68. The summed E-state index contributed by atoms with van der Waals surface area (Å²) in [6.07, 6.45) is 0. The molecule has 0 spiro atoms. The molecule has 5 heteroatoms. The maximum absolute atomic E-state index is 12.7. The number of nitrogens with one attached hydrogen (secondary N) is 1. The lowest BCUT2D eigenvalue weighted by molar-refractivity contribution is 0.102. The Morgan fingerprint density at radius 2 is 1.69 bits per heavy atom. The fourth-order valence-corrected chi connectivity index (χ4v) is 2.68. The van der Waals surface area contributed by atoms with Crippen LogP contribution in [0.4, 0.5) is 17.2 Å². The number of carbonyl (C=O) groups is 1. The predicted octanol–water partition coefficient (Wildman–Crippen LogP) is 4.42. The Kier molecular flexibility index (Phi) is 4.98. The molecular weight excluding hydrogens is 324 g/mol. The zero-order valence-electron chi connectivity index (χ0n) is 15.4. The maximum atomic E-state index is 12.7. The number of rotatable bonds is 4. The van der Waals surface area contributed by atoms with Crippen LogP contribution < -0.4 is 10.2 Å². The Balaban J connectivity index is 1.89. The number of hydrogen-bond donors (Lipinski definition) is 1. The lowest BCUT2D eigenvalue weighted by Gasteiger charge is -2.19. The van der Waals surface area contributed by atoms with Gasteiger partial charge in [0.15, 0.2) is 0 Å². The summed E-state index contributed by atoms with van der Waals surface area (Å²) in [7, 11) is 1.92. The van der Waals surface area contributed by atoms with Gasteiger partial charge in [0.05, 0.1) is 0 Å². The second-order valence-corrected chi connectivity index (χ2v) is 6.33. The van der Waals surface area contributed by atoms with Crippen molar-refractivity contribution in [2.45, 2.75) is 20.8 Å². The van der Waals surface area contributed by atoms with Crippen LogP contribution in [0.5, 0.6) is 0 Å². The van der Waals surface area contributed by atoms with E-state index in [0.717, 1.165) is 22.5 Å². The summed E-state index contributed by atoms with van der Waals surface area (Å²) in [5.41, 5.74) is 4.23. The van der Waals surface area contributed by atoms with E-state index in [9.17, 15) is 4.79 Å². The molecule has 0 saturated carbocycles. The molecule has 0 radical (unpaired) electrons. The summed E-state index contributed by atoms with van der Waals surface area (Å²) in [5, 5.41) is 2.95. The van der Waals surface area contributed by atoms with E-state index < -0.39 is 0 Å². The van der Waals surface area contributed by atoms with E-state index in [2.05, 4.69) is 15.3 Å². The minimum atomic E-state index is -0.244. The van der Waals surface area contributed by atoms with Crippen molar-refractivity contribution in [3.8, 4) is 0 Å². The van der Waals surface area contributed by atoms with Gasteiger partial charge in [-0.05, 0) is 50.1 Å². The van der Waals surface area contributed by atoms with Crippen LogP contribution in [0.3, 0.4) is 0 Å². The highest BCUT2D eigenvalue weighted by atomic mass is 16.1. The summed E-state index contributed by atoms with van der Waals surface area (Å²) < 4.78 is 0. The van der Waals surface area contributed by atoms with E-state index in [-0.39, 0.29) is 5.91 Å². The number of aryl methyl sites for hydroxylation is 3. The molecule has 0 fully saturated rings. The Morgan fingerprint density at radius 1 is 0.962 bits per heavy atom. The van der Waals surface area contributed by atoms with E-state index in [1.807, 2.05) is 74.3 Å². The summed E-state index contributed by atoms with van der Waals surface area (Å²) in [5.74, 6) is 0.984. The Hall–Kier alpha value is -3.21. The molecule has 5 nitrogen and oxygen atoms in total. The van der Waals surface area contributed by atoms with Gasteiger partial charge in [0, 0.05) is 24.5 Å². The topological polar surface area (TPSA) is 58.1 Å². The lowest BCUT2D eigenvalue weighted by atomic mass is 10.1. The van der Waals surface area contributed by atoms with Crippen LogP contribution in [0.2, 0.25) is 0 Å². The number of anilines is 3. The van der Waals surface area contributed by atoms with Gasteiger partial charge in [-0.2, -0.15) is 0 Å². The SMILES string of the molecule is Cc1ccc(C)c(NC(=O)c2cc(N(C)c3ccccc3)nc(C)n2)c1. The standard InChI is InChI=1S/C21H22N4O/c1-14-10-11-15(2)18(12-14)24-21(26)19-13-20(23-16(3)22-19)25(4)17-8-6-5-7-9-17/h5-13H,1-4H3,(H,24,26). The van der Waals surface area contributed by atoms with Crippen molar-refractivity contribution in [2.75, 3.05) is 17.3 Å². The van der Waals surface area contributed by atoms with Gasteiger partial charge in [0.2, 0.25) is 0 Å².